The quantitative estimate of drug-likeness (QED) is 0.766. The van der Waals surface area contributed by atoms with Gasteiger partial charge >= 0.3 is 0 Å². The number of carbonyl (C=O) groups excluding carboxylic acids is 1. The van der Waals surface area contributed by atoms with Crippen molar-refractivity contribution in [3.63, 3.8) is 0 Å². The minimum absolute atomic E-state index is 0.0148. The fraction of sp³-hybridized carbons (Fsp3) is 0.200. The van der Waals surface area contributed by atoms with Gasteiger partial charge in [-0.3, -0.25) is 19.1 Å². The van der Waals surface area contributed by atoms with Crippen LogP contribution in [0.2, 0.25) is 0 Å². The van der Waals surface area contributed by atoms with Gasteiger partial charge < -0.3 is 10.2 Å². The SMILES string of the molecule is Cn1c(NC2CN(C(=O)c3ccccc3)C2)nc(-c2ccncc2)cc1=O. The third-order valence-electron chi connectivity index (χ3n) is 4.63. The molecule has 1 N–H and O–H groups in total. The van der Waals surface area contributed by atoms with Gasteiger partial charge in [-0.2, -0.15) is 0 Å². The van der Waals surface area contributed by atoms with Crippen LogP contribution in [-0.2, 0) is 7.05 Å². The molecule has 0 spiro atoms. The largest absolute Gasteiger partial charge is 0.349 e. The van der Waals surface area contributed by atoms with Crippen LogP contribution in [0.5, 0.6) is 0 Å². The molecule has 0 radical (unpaired) electrons. The smallest absolute Gasteiger partial charge is 0.255 e. The lowest BCUT2D eigenvalue weighted by atomic mass is 10.1. The molecular formula is C20H19N5O2. The molecule has 1 aromatic carbocycles. The fourth-order valence-electron chi connectivity index (χ4n) is 3.02. The summed E-state index contributed by atoms with van der Waals surface area (Å²) in [6.07, 6.45) is 3.33. The lowest BCUT2D eigenvalue weighted by Gasteiger charge is -2.40. The van der Waals surface area contributed by atoms with Gasteiger partial charge in [-0.15, -0.1) is 0 Å². The van der Waals surface area contributed by atoms with Gasteiger partial charge in [-0.1, -0.05) is 18.2 Å². The summed E-state index contributed by atoms with van der Waals surface area (Å²) in [6, 6.07) is 14.4. The standard InChI is InChI=1S/C20H19N5O2/c1-24-18(26)11-17(14-7-9-21-10-8-14)23-20(24)22-16-12-25(13-16)19(27)15-5-3-2-4-6-15/h2-11,16H,12-13H2,1H3,(H,22,23). The van der Waals surface area contributed by atoms with Gasteiger partial charge in [0, 0.05) is 49.7 Å². The van der Waals surface area contributed by atoms with Crippen molar-refractivity contribution in [3.05, 3.63) is 76.8 Å². The van der Waals surface area contributed by atoms with Crippen molar-refractivity contribution in [3.8, 4) is 11.3 Å². The Kier molecular flexibility index (Phi) is 4.42. The molecule has 0 aliphatic carbocycles. The van der Waals surface area contributed by atoms with Crippen molar-refractivity contribution < 1.29 is 4.79 Å². The highest BCUT2D eigenvalue weighted by Crippen LogP contribution is 2.19. The van der Waals surface area contributed by atoms with E-state index in [-0.39, 0.29) is 17.5 Å². The molecule has 0 bridgehead atoms. The first-order valence-corrected chi connectivity index (χ1v) is 8.71. The first-order chi connectivity index (χ1) is 13.1. The summed E-state index contributed by atoms with van der Waals surface area (Å²) in [5.74, 6) is 0.507. The van der Waals surface area contributed by atoms with Crippen LogP contribution < -0.4 is 10.9 Å². The van der Waals surface area contributed by atoms with Crippen LogP contribution in [0.15, 0.2) is 65.7 Å². The monoisotopic (exact) mass is 361 g/mol. The molecule has 0 unspecified atom stereocenters. The Morgan fingerprint density at radius 1 is 1.11 bits per heavy atom. The van der Waals surface area contributed by atoms with Crippen LogP contribution >= 0.6 is 0 Å². The fourth-order valence-corrected chi connectivity index (χ4v) is 3.02. The molecule has 2 aromatic heterocycles. The summed E-state index contributed by atoms with van der Waals surface area (Å²) < 4.78 is 1.48. The zero-order chi connectivity index (χ0) is 18.8. The van der Waals surface area contributed by atoms with Gasteiger partial charge in [0.15, 0.2) is 0 Å². The predicted octanol–water partition coefficient (Wildman–Crippen LogP) is 1.78. The number of carbonyl (C=O) groups is 1. The van der Waals surface area contributed by atoms with Crippen LogP contribution in [0.1, 0.15) is 10.4 Å². The van der Waals surface area contributed by atoms with Gasteiger partial charge in [0.25, 0.3) is 11.5 Å². The average molecular weight is 361 g/mol. The van der Waals surface area contributed by atoms with E-state index in [1.807, 2.05) is 42.5 Å². The topological polar surface area (TPSA) is 80.1 Å². The maximum atomic E-state index is 12.4. The average Bonchev–Trinajstić information content (AvgIpc) is 2.68. The number of aromatic nitrogens is 3. The number of benzene rings is 1. The van der Waals surface area contributed by atoms with Crippen LogP contribution in [0.3, 0.4) is 0 Å². The molecule has 1 fully saturated rings. The van der Waals surface area contributed by atoms with Gasteiger partial charge in [0.05, 0.1) is 11.7 Å². The zero-order valence-corrected chi connectivity index (χ0v) is 14.9. The molecule has 136 valence electrons. The number of pyridine rings is 1. The van der Waals surface area contributed by atoms with Crippen LogP contribution in [0.4, 0.5) is 5.95 Å². The zero-order valence-electron chi connectivity index (χ0n) is 14.9. The second kappa shape index (κ2) is 7.03. The number of anilines is 1. The molecular weight excluding hydrogens is 342 g/mol. The minimum Gasteiger partial charge on any atom is -0.349 e. The van der Waals surface area contributed by atoms with E-state index in [0.717, 1.165) is 5.56 Å². The molecule has 3 heterocycles. The molecule has 1 saturated heterocycles. The molecule has 1 amide bonds. The highest BCUT2D eigenvalue weighted by Gasteiger charge is 2.31. The second-order valence-electron chi connectivity index (χ2n) is 6.52. The summed E-state index contributed by atoms with van der Waals surface area (Å²) in [6.45, 7) is 1.15. The summed E-state index contributed by atoms with van der Waals surface area (Å²) in [4.78, 5) is 35.0. The van der Waals surface area contributed by atoms with E-state index >= 15 is 0 Å². The van der Waals surface area contributed by atoms with E-state index in [0.29, 0.717) is 30.3 Å². The van der Waals surface area contributed by atoms with Crippen molar-refractivity contribution >= 4 is 11.9 Å². The summed E-state index contributed by atoms with van der Waals surface area (Å²) in [5.41, 5.74) is 1.97. The van der Waals surface area contributed by atoms with E-state index < -0.39 is 0 Å². The Morgan fingerprint density at radius 2 is 1.81 bits per heavy atom. The maximum absolute atomic E-state index is 12.4. The molecule has 7 nitrogen and oxygen atoms in total. The molecule has 27 heavy (non-hydrogen) atoms. The summed E-state index contributed by atoms with van der Waals surface area (Å²) in [5, 5.41) is 3.28. The maximum Gasteiger partial charge on any atom is 0.255 e. The molecule has 0 atom stereocenters. The highest BCUT2D eigenvalue weighted by atomic mass is 16.2. The Morgan fingerprint density at radius 3 is 2.52 bits per heavy atom. The predicted molar refractivity (Wildman–Crippen MR) is 102 cm³/mol. The third kappa shape index (κ3) is 3.44. The lowest BCUT2D eigenvalue weighted by molar-refractivity contribution is 0.0624. The molecule has 1 aliphatic heterocycles. The van der Waals surface area contributed by atoms with E-state index in [2.05, 4.69) is 15.3 Å². The Labute approximate surface area is 156 Å². The van der Waals surface area contributed by atoms with Crippen molar-refractivity contribution in [2.24, 2.45) is 7.05 Å². The Balaban J connectivity index is 1.47. The van der Waals surface area contributed by atoms with E-state index in [1.165, 1.54) is 10.6 Å². The summed E-state index contributed by atoms with van der Waals surface area (Å²) in [7, 11) is 1.68. The van der Waals surface area contributed by atoms with Gasteiger partial charge in [-0.05, 0) is 24.3 Å². The molecule has 3 aromatic rings. The van der Waals surface area contributed by atoms with E-state index in [4.69, 9.17) is 0 Å². The molecule has 4 rings (SSSR count). The lowest BCUT2D eigenvalue weighted by Crippen LogP contribution is -2.57. The van der Waals surface area contributed by atoms with Gasteiger partial charge in [-0.25, -0.2) is 4.98 Å². The van der Waals surface area contributed by atoms with Crippen LogP contribution in [-0.4, -0.2) is 44.5 Å². The first kappa shape index (κ1) is 17.0. The number of amides is 1. The molecule has 1 aliphatic rings. The van der Waals surface area contributed by atoms with Crippen molar-refractivity contribution in [2.45, 2.75) is 6.04 Å². The number of likely N-dealkylation sites (tertiary alicyclic amines) is 1. The first-order valence-electron chi connectivity index (χ1n) is 8.71. The van der Waals surface area contributed by atoms with E-state index in [9.17, 15) is 9.59 Å². The van der Waals surface area contributed by atoms with E-state index in [1.54, 1.807) is 24.3 Å². The molecule has 0 saturated carbocycles. The molecule has 7 heteroatoms. The highest BCUT2D eigenvalue weighted by molar-refractivity contribution is 5.94. The van der Waals surface area contributed by atoms with Crippen LogP contribution in [0.25, 0.3) is 11.3 Å². The second-order valence-corrected chi connectivity index (χ2v) is 6.52. The van der Waals surface area contributed by atoms with Crippen molar-refractivity contribution in [2.75, 3.05) is 18.4 Å². The van der Waals surface area contributed by atoms with Gasteiger partial charge in [0.1, 0.15) is 0 Å². The van der Waals surface area contributed by atoms with Crippen molar-refractivity contribution in [1.82, 2.24) is 19.4 Å². The van der Waals surface area contributed by atoms with Crippen molar-refractivity contribution in [1.29, 1.82) is 0 Å². The number of nitrogens with one attached hydrogen (secondary N) is 1. The number of nitrogens with zero attached hydrogens (tertiary/aromatic N) is 4. The summed E-state index contributed by atoms with van der Waals surface area (Å²) >= 11 is 0. The number of hydrogen-bond donors (Lipinski definition) is 1. The van der Waals surface area contributed by atoms with Gasteiger partial charge in [0.2, 0.25) is 5.95 Å². The number of hydrogen-bond acceptors (Lipinski definition) is 5. The minimum atomic E-state index is -0.143. The normalized spacial score (nSPS) is 13.9. The Bertz CT molecular complexity index is 1010. The number of rotatable bonds is 4. The third-order valence-corrected chi connectivity index (χ3v) is 4.63. The van der Waals surface area contributed by atoms with Crippen LogP contribution in [0, 0.1) is 0 Å². The Hall–Kier alpha value is -3.48.